The minimum absolute atomic E-state index is 0.00461. The molecule has 4 aromatic heterocycles. The van der Waals surface area contributed by atoms with Crippen molar-refractivity contribution < 1.29 is 4.74 Å². The summed E-state index contributed by atoms with van der Waals surface area (Å²) in [7, 11) is 0. The third-order valence-corrected chi connectivity index (χ3v) is 11.3. The lowest BCUT2D eigenvalue weighted by Crippen LogP contribution is -2.24. The fourth-order valence-electron chi connectivity index (χ4n) is 7.52. The van der Waals surface area contributed by atoms with Gasteiger partial charge in [0, 0.05) is 66.8 Å². The summed E-state index contributed by atoms with van der Waals surface area (Å²) in [4.78, 5) is 14.3. The van der Waals surface area contributed by atoms with Crippen molar-refractivity contribution in [2.24, 2.45) is 0 Å². The molecular formula is C45H35N5OS. The second kappa shape index (κ2) is 11.7. The van der Waals surface area contributed by atoms with Gasteiger partial charge in [-0.1, -0.05) is 63.2 Å². The van der Waals surface area contributed by atoms with E-state index in [4.69, 9.17) is 14.7 Å². The molecule has 0 unspecified atom stereocenters. The summed E-state index contributed by atoms with van der Waals surface area (Å²) in [5, 5.41) is 4.93. The molecule has 1 aliphatic heterocycles. The van der Waals surface area contributed by atoms with Gasteiger partial charge in [-0.05, 0) is 89.8 Å². The zero-order valence-electron chi connectivity index (χ0n) is 29.1. The van der Waals surface area contributed by atoms with E-state index in [0.717, 1.165) is 56.6 Å². The molecule has 5 aromatic carbocycles. The van der Waals surface area contributed by atoms with E-state index >= 15 is 0 Å². The normalized spacial score (nSPS) is 13.1. The first-order chi connectivity index (χ1) is 25.4. The first kappa shape index (κ1) is 30.6. The molecule has 0 saturated heterocycles. The highest BCUT2D eigenvalue weighted by Gasteiger charge is 2.30. The summed E-state index contributed by atoms with van der Waals surface area (Å²) < 4.78 is 11.5. The monoisotopic (exact) mass is 693 g/mol. The maximum absolute atomic E-state index is 6.64. The van der Waals surface area contributed by atoms with Gasteiger partial charge in [0.1, 0.15) is 24.0 Å². The van der Waals surface area contributed by atoms with E-state index in [2.05, 4.69) is 156 Å². The number of anilines is 4. The van der Waals surface area contributed by atoms with Crippen LogP contribution in [0.4, 0.5) is 22.9 Å². The van der Waals surface area contributed by atoms with Gasteiger partial charge in [-0.25, -0.2) is 9.97 Å². The molecule has 5 heterocycles. The molecule has 0 bridgehead atoms. The number of thiophene rings is 1. The third kappa shape index (κ3) is 5.00. The topological polar surface area (TPSA) is 46.4 Å². The molecule has 10 rings (SSSR count). The highest BCUT2D eigenvalue weighted by atomic mass is 32.1. The minimum atomic E-state index is 0.00461. The van der Waals surface area contributed by atoms with Crippen LogP contribution in [0.15, 0.2) is 146 Å². The van der Waals surface area contributed by atoms with Crippen molar-refractivity contribution in [2.45, 2.75) is 26.2 Å². The van der Waals surface area contributed by atoms with Gasteiger partial charge < -0.3 is 14.5 Å². The van der Waals surface area contributed by atoms with Crippen LogP contribution < -0.4 is 14.5 Å². The van der Waals surface area contributed by atoms with Gasteiger partial charge in [-0.15, -0.1) is 11.3 Å². The average Bonchev–Trinajstić information content (AvgIpc) is 3.84. The van der Waals surface area contributed by atoms with Crippen LogP contribution in [0.25, 0.3) is 47.8 Å². The Hall–Kier alpha value is -6.18. The van der Waals surface area contributed by atoms with Crippen molar-refractivity contribution >= 4 is 76.2 Å². The first-order valence-electron chi connectivity index (χ1n) is 17.6. The van der Waals surface area contributed by atoms with Crippen molar-refractivity contribution in [3.63, 3.8) is 0 Å². The number of benzene rings is 5. The molecule has 7 heteroatoms. The summed E-state index contributed by atoms with van der Waals surface area (Å²) in [5.41, 5.74) is 6.65. The zero-order chi connectivity index (χ0) is 35.0. The molecule has 52 heavy (non-hydrogen) atoms. The predicted octanol–water partition coefficient (Wildman–Crippen LogP) is 12.3. The minimum Gasteiger partial charge on any atom is -0.457 e. The number of hydrogen-bond donors (Lipinski definition) is 0. The molecule has 0 radical (unpaired) electrons. The number of ether oxygens (including phenoxy) is 1. The highest BCUT2D eigenvalue weighted by Crippen LogP contribution is 2.45. The molecule has 9 aromatic rings. The van der Waals surface area contributed by atoms with Gasteiger partial charge >= 0.3 is 0 Å². The quantitative estimate of drug-likeness (QED) is 0.180. The average molecular weight is 694 g/mol. The van der Waals surface area contributed by atoms with Crippen LogP contribution in [0.1, 0.15) is 26.3 Å². The molecule has 0 saturated carbocycles. The van der Waals surface area contributed by atoms with E-state index in [0.29, 0.717) is 6.67 Å². The number of aromatic nitrogens is 3. The molecule has 1 aliphatic rings. The number of nitrogens with zero attached hydrogens (tertiary/aromatic N) is 5. The fourth-order valence-corrected chi connectivity index (χ4v) is 8.60. The van der Waals surface area contributed by atoms with E-state index in [-0.39, 0.29) is 5.41 Å². The van der Waals surface area contributed by atoms with Crippen molar-refractivity contribution in [3.8, 4) is 17.3 Å². The summed E-state index contributed by atoms with van der Waals surface area (Å²) in [6, 6.07) is 47.1. The highest BCUT2D eigenvalue weighted by molar-refractivity contribution is 7.25. The molecule has 0 atom stereocenters. The number of pyridine rings is 2. The summed E-state index contributed by atoms with van der Waals surface area (Å²) in [5.74, 6) is 3.34. The standard InChI is InChI=1S/C45H35N5OS/c1-45(2,3)29-21-23-46-43(24-29)50-38-14-6-4-12-34(38)35-19-18-33(27-40(35)50)51-32-11-8-10-30(25-32)49-28-48(39-15-9-22-47-44(39)49)31-17-20-42-37(26-31)36-13-5-7-16-41(36)52-42/h4-27H,28H2,1-3H3. The van der Waals surface area contributed by atoms with Crippen LogP contribution in [-0.2, 0) is 5.41 Å². The van der Waals surface area contributed by atoms with Gasteiger partial charge in [-0.3, -0.25) is 4.57 Å². The van der Waals surface area contributed by atoms with Crippen LogP contribution >= 0.6 is 11.3 Å². The SMILES string of the molecule is CC(C)(C)c1ccnc(-n2c3ccccc3c3ccc(Oc4cccc(N5CN(c6ccc7sc8ccccc8c7c6)c6cccnc65)c4)cc32)c1. The van der Waals surface area contributed by atoms with E-state index in [1.54, 1.807) is 0 Å². The molecule has 0 fully saturated rings. The summed E-state index contributed by atoms with van der Waals surface area (Å²) in [6.07, 6.45) is 3.78. The lowest BCUT2D eigenvalue weighted by molar-refractivity contribution is 0.483. The Balaban J connectivity index is 1.00. The van der Waals surface area contributed by atoms with Crippen molar-refractivity contribution in [3.05, 3.63) is 151 Å². The van der Waals surface area contributed by atoms with Crippen LogP contribution in [0.5, 0.6) is 11.5 Å². The second-order valence-electron chi connectivity index (χ2n) is 14.4. The lowest BCUT2D eigenvalue weighted by Gasteiger charge is -2.22. The molecule has 0 aliphatic carbocycles. The Bertz CT molecular complexity index is 2830. The van der Waals surface area contributed by atoms with E-state index in [1.807, 2.05) is 35.9 Å². The maximum atomic E-state index is 6.64. The number of para-hydroxylation sites is 1. The fraction of sp³-hybridized carbons (Fsp3) is 0.111. The molecular weight excluding hydrogens is 659 g/mol. The van der Waals surface area contributed by atoms with Crippen molar-refractivity contribution in [1.29, 1.82) is 0 Å². The Kier molecular flexibility index (Phi) is 6.88. The van der Waals surface area contributed by atoms with E-state index in [9.17, 15) is 0 Å². The third-order valence-electron chi connectivity index (χ3n) is 10.1. The van der Waals surface area contributed by atoms with Gasteiger partial charge in [-0.2, -0.15) is 0 Å². The van der Waals surface area contributed by atoms with Gasteiger partial charge in [0.2, 0.25) is 0 Å². The largest absolute Gasteiger partial charge is 0.457 e. The Morgan fingerprint density at radius 3 is 2.27 bits per heavy atom. The van der Waals surface area contributed by atoms with Gasteiger partial charge in [0.15, 0.2) is 5.82 Å². The van der Waals surface area contributed by atoms with Gasteiger partial charge in [0.25, 0.3) is 0 Å². The summed E-state index contributed by atoms with van der Waals surface area (Å²) in [6.45, 7) is 7.34. The van der Waals surface area contributed by atoms with Crippen molar-refractivity contribution in [1.82, 2.24) is 14.5 Å². The number of rotatable bonds is 5. The second-order valence-corrected chi connectivity index (χ2v) is 15.5. The van der Waals surface area contributed by atoms with Crippen molar-refractivity contribution in [2.75, 3.05) is 16.5 Å². The molecule has 252 valence electrons. The van der Waals surface area contributed by atoms with Crippen LogP contribution in [-0.4, -0.2) is 21.2 Å². The Labute approximate surface area is 305 Å². The van der Waals surface area contributed by atoms with E-state index < -0.39 is 0 Å². The van der Waals surface area contributed by atoms with Crippen LogP contribution in [0, 0.1) is 0 Å². The van der Waals surface area contributed by atoms with Crippen LogP contribution in [0.3, 0.4) is 0 Å². The van der Waals surface area contributed by atoms with Gasteiger partial charge in [0.05, 0.1) is 16.7 Å². The maximum Gasteiger partial charge on any atom is 0.158 e. The number of fused-ring (bicyclic) bond motifs is 7. The first-order valence-corrected chi connectivity index (χ1v) is 18.4. The molecule has 6 nitrogen and oxygen atoms in total. The molecule has 0 amide bonds. The number of hydrogen-bond acceptors (Lipinski definition) is 6. The van der Waals surface area contributed by atoms with Crippen LogP contribution in [0.2, 0.25) is 0 Å². The lowest BCUT2D eigenvalue weighted by atomic mass is 9.88. The zero-order valence-corrected chi connectivity index (χ0v) is 29.9. The molecule has 0 spiro atoms. The van der Waals surface area contributed by atoms with E-state index in [1.165, 1.54) is 31.1 Å². The molecule has 0 N–H and O–H groups in total. The Morgan fingerprint density at radius 2 is 1.37 bits per heavy atom. The summed E-state index contributed by atoms with van der Waals surface area (Å²) >= 11 is 1.84. The smallest absolute Gasteiger partial charge is 0.158 e. The predicted molar refractivity (Wildman–Crippen MR) is 217 cm³/mol. The Morgan fingerprint density at radius 1 is 0.577 bits per heavy atom.